The Hall–Kier alpha value is -0.630. The van der Waals surface area contributed by atoms with Crippen molar-refractivity contribution in [1.29, 1.82) is 0 Å². The highest BCUT2D eigenvalue weighted by Crippen LogP contribution is 2.65. The Bertz CT molecular complexity index is 626. The van der Waals surface area contributed by atoms with E-state index in [2.05, 4.69) is 6.92 Å². The average Bonchev–Trinajstić information content (AvgIpc) is 2.64. The second-order valence-electron chi connectivity index (χ2n) is 8.15. The van der Waals surface area contributed by atoms with Gasteiger partial charge >= 0.3 is 0 Å². The largest absolute Gasteiger partial charge is 0.393 e. The zero-order chi connectivity index (χ0) is 17.5. The molecule has 6 atom stereocenters. The number of ketones is 1. The predicted octanol–water partition coefficient (Wildman–Crippen LogP) is 3.88. The molecule has 0 saturated heterocycles. The van der Waals surface area contributed by atoms with Crippen molar-refractivity contribution < 1.29 is 14.0 Å². The van der Waals surface area contributed by atoms with Crippen molar-refractivity contribution in [3.8, 4) is 0 Å². The molecule has 0 radical (unpaired) electrons. The molecule has 116 valence electrons. The quantitative estimate of drug-likeness (QED) is 0.735. The van der Waals surface area contributed by atoms with Crippen molar-refractivity contribution >= 4 is 5.78 Å². The van der Waals surface area contributed by atoms with Gasteiger partial charge in [0.1, 0.15) is 0 Å². The minimum absolute atomic E-state index is 0.0492. The lowest BCUT2D eigenvalue weighted by Gasteiger charge is -2.57. The molecule has 21 heavy (non-hydrogen) atoms. The highest BCUT2D eigenvalue weighted by atomic mass is 16.3. The van der Waals surface area contributed by atoms with Crippen LogP contribution in [0.1, 0.15) is 69.3 Å². The zero-order valence-electron chi connectivity index (χ0n) is 16.1. The summed E-state index contributed by atoms with van der Waals surface area (Å²) in [4.78, 5) is 11.8. The highest BCUT2D eigenvalue weighted by molar-refractivity contribution is 5.91. The Morgan fingerprint density at radius 1 is 1.24 bits per heavy atom. The fourth-order valence-electron chi connectivity index (χ4n) is 5.96. The molecule has 0 bridgehead atoms. The number of hydrogen-bond donors (Lipinski definition) is 1. The minimum atomic E-state index is -2.00. The van der Waals surface area contributed by atoms with Gasteiger partial charge in [0, 0.05) is 9.16 Å². The van der Waals surface area contributed by atoms with Crippen LogP contribution in [0.25, 0.3) is 0 Å². The van der Waals surface area contributed by atoms with Crippen LogP contribution in [0.5, 0.6) is 0 Å². The fraction of sp³-hybridized carbons (Fsp3) is 0.842. The van der Waals surface area contributed by atoms with Crippen molar-refractivity contribution in [2.75, 3.05) is 0 Å². The number of rotatable bonds is 0. The van der Waals surface area contributed by atoms with E-state index >= 15 is 0 Å². The summed E-state index contributed by atoms with van der Waals surface area (Å²) in [7, 11) is 0. The maximum absolute atomic E-state index is 11.8. The van der Waals surface area contributed by atoms with Gasteiger partial charge in [0.15, 0.2) is 5.78 Å². The molecule has 0 unspecified atom stereocenters. The van der Waals surface area contributed by atoms with Gasteiger partial charge in [-0.2, -0.15) is 0 Å². The molecule has 0 aromatic rings. The minimum Gasteiger partial charge on any atom is -0.393 e. The lowest BCUT2D eigenvalue weighted by Crippen LogP contribution is -2.51. The van der Waals surface area contributed by atoms with Crippen molar-refractivity contribution in [2.24, 2.45) is 28.6 Å². The summed E-state index contributed by atoms with van der Waals surface area (Å²) in [5, 5.41) is 10.7. The molecule has 0 heterocycles. The number of carbonyl (C=O) groups excluding carboxylic acids is 1. The van der Waals surface area contributed by atoms with Crippen molar-refractivity contribution in [1.82, 2.24) is 0 Å². The lowest BCUT2D eigenvalue weighted by atomic mass is 9.47. The maximum Gasteiger partial charge on any atom is 0.155 e. The smallest absolute Gasteiger partial charge is 0.155 e. The molecule has 0 aromatic heterocycles. The average molecular weight is 291 g/mol. The van der Waals surface area contributed by atoms with E-state index in [0.29, 0.717) is 31.1 Å². The highest BCUT2D eigenvalue weighted by Gasteiger charge is 2.58. The van der Waals surface area contributed by atoms with Gasteiger partial charge in [-0.1, -0.05) is 19.4 Å². The summed E-state index contributed by atoms with van der Waals surface area (Å²) < 4.78 is 24.9. The van der Waals surface area contributed by atoms with E-state index in [1.54, 1.807) is 0 Å². The molecule has 4 aliphatic rings. The van der Waals surface area contributed by atoms with E-state index in [9.17, 15) is 9.90 Å². The first-order valence-corrected chi connectivity index (χ1v) is 8.49. The predicted molar refractivity (Wildman–Crippen MR) is 82.7 cm³/mol. The molecule has 3 saturated carbocycles. The van der Waals surface area contributed by atoms with Gasteiger partial charge < -0.3 is 5.11 Å². The second-order valence-corrected chi connectivity index (χ2v) is 8.15. The Morgan fingerprint density at radius 2 is 2.05 bits per heavy atom. The van der Waals surface area contributed by atoms with Crippen molar-refractivity contribution in [2.45, 2.75) is 71.2 Å². The molecule has 0 amide bonds. The number of aliphatic hydroxyl groups is 1. The van der Waals surface area contributed by atoms with Gasteiger partial charge in [-0.05, 0) is 79.6 Å². The number of fused-ring (bicyclic) bond motifs is 5. The molecule has 3 fully saturated rings. The fourth-order valence-corrected chi connectivity index (χ4v) is 5.96. The van der Waals surface area contributed by atoms with Crippen molar-refractivity contribution in [3.05, 3.63) is 11.6 Å². The Balaban J connectivity index is 1.73. The van der Waals surface area contributed by atoms with Gasteiger partial charge in [-0.15, -0.1) is 0 Å². The van der Waals surface area contributed by atoms with Crippen LogP contribution in [0, 0.1) is 28.6 Å². The molecule has 0 aromatic carbocycles. The molecule has 2 nitrogen and oxygen atoms in total. The third kappa shape index (κ3) is 1.78. The Labute approximate surface area is 132 Å². The third-order valence-corrected chi connectivity index (χ3v) is 7.38. The van der Waals surface area contributed by atoms with Crippen LogP contribution in [0.2, 0.25) is 0 Å². The summed E-state index contributed by atoms with van der Waals surface area (Å²) in [6.45, 7) is 4.23. The summed E-state index contributed by atoms with van der Waals surface area (Å²) in [6, 6.07) is 0. The first kappa shape index (κ1) is 11.0. The van der Waals surface area contributed by atoms with E-state index < -0.39 is 17.9 Å². The molecule has 1 N–H and O–H groups in total. The van der Waals surface area contributed by atoms with Crippen LogP contribution in [0.4, 0.5) is 0 Å². The van der Waals surface area contributed by atoms with E-state index in [1.807, 2.05) is 13.0 Å². The topological polar surface area (TPSA) is 37.3 Å². The van der Waals surface area contributed by atoms with Crippen molar-refractivity contribution in [3.63, 3.8) is 0 Å². The molecule has 4 aliphatic carbocycles. The van der Waals surface area contributed by atoms with Crippen LogP contribution in [-0.2, 0) is 4.79 Å². The standard InChI is InChI=1S/C19H28O2/c1-18-9-7-13(20)11-12(18)3-4-14-15-5-6-17(21)19(15,2)10-8-16(14)18/h11,14-17,21H,3-10H2,1-2H3/t14-,15-,16-,17+,18-,19-/m0/s1/i6D2,17D. The maximum atomic E-state index is 11.8. The number of allylic oxidation sites excluding steroid dienone is 1. The van der Waals surface area contributed by atoms with Gasteiger partial charge in [0.2, 0.25) is 0 Å². The molecule has 0 aliphatic heterocycles. The second kappa shape index (κ2) is 4.44. The number of hydrogen-bond acceptors (Lipinski definition) is 2. The van der Waals surface area contributed by atoms with E-state index in [1.165, 1.54) is 5.57 Å². The summed E-state index contributed by atoms with van der Waals surface area (Å²) in [5.74, 6) is 1.12. The molecular formula is C19H28O2. The molecule has 4 rings (SSSR count). The molecular weight excluding hydrogens is 260 g/mol. The molecule has 0 spiro atoms. The first-order chi connectivity index (χ1) is 11.0. The summed E-state index contributed by atoms with van der Waals surface area (Å²) >= 11 is 0. The van der Waals surface area contributed by atoms with E-state index in [-0.39, 0.29) is 17.1 Å². The van der Waals surface area contributed by atoms with Crippen LogP contribution >= 0.6 is 0 Å². The molecule has 2 heteroatoms. The summed E-state index contributed by atoms with van der Waals surface area (Å²) in [6.07, 6.45) is 3.35. The van der Waals surface area contributed by atoms with Crippen LogP contribution in [-0.4, -0.2) is 17.0 Å². The van der Waals surface area contributed by atoms with E-state index in [4.69, 9.17) is 4.11 Å². The summed E-state index contributed by atoms with van der Waals surface area (Å²) in [5.41, 5.74) is 0.679. The van der Waals surface area contributed by atoms with Gasteiger partial charge in [0.05, 0.1) is 7.45 Å². The monoisotopic (exact) mass is 291 g/mol. The van der Waals surface area contributed by atoms with Gasteiger partial charge in [-0.3, -0.25) is 4.79 Å². The number of carbonyl (C=O) groups is 1. The van der Waals surface area contributed by atoms with Gasteiger partial charge in [0.25, 0.3) is 0 Å². The lowest BCUT2D eigenvalue weighted by molar-refractivity contribution is -0.118. The van der Waals surface area contributed by atoms with Crippen LogP contribution in [0.3, 0.4) is 0 Å². The Kier molecular flexibility index (Phi) is 2.32. The van der Waals surface area contributed by atoms with Gasteiger partial charge in [-0.25, -0.2) is 0 Å². The van der Waals surface area contributed by atoms with Crippen LogP contribution in [0.15, 0.2) is 11.6 Å². The Morgan fingerprint density at radius 3 is 2.86 bits per heavy atom. The third-order valence-electron chi connectivity index (χ3n) is 7.38. The normalized spacial score (nSPS) is 60.7. The van der Waals surface area contributed by atoms with Crippen LogP contribution < -0.4 is 0 Å². The SMILES string of the molecule is [2H]C1([2H])C[C@H]2[C@@H]3CCC4=CC(=O)CC[C@]4(C)[C@H]3CC[C@]2(C)[C@]1([2H])O. The zero-order valence-corrected chi connectivity index (χ0v) is 13.1. The first-order valence-electron chi connectivity index (χ1n) is 9.99. The van der Waals surface area contributed by atoms with E-state index in [0.717, 1.165) is 25.7 Å².